The predicted octanol–water partition coefficient (Wildman–Crippen LogP) is -2.74. The maximum Gasteiger partial charge on any atom is 1.00 e. The van der Waals surface area contributed by atoms with E-state index in [0.717, 1.165) is 23.3 Å². The topological polar surface area (TPSA) is 161 Å². The van der Waals surface area contributed by atoms with Gasteiger partial charge in [0.05, 0.1) is 11.1 Å². The standard InChI is InChI=1S/2C12H10O4.2Na/c2*1-6-2-3-7-8(4-6)10(13)5-9(11(7)14)12(15)16;;/h2*2-5,13-14H,1H3,(H,15,16);;/q;;2*+1/p-2. The molecular weight excluding hydrogens is 462 g/mol. The molecule has 8 nitrogen and oxygen atoms in total. The minimum atomic E-state index is -1.33. The van der Waals surface area contributed by atoms with Crippen LogP contribution in [0.15, 0.2) is 48.5 Å². The summed E-state index contributed by atoms with van der Waals surface area (Å²) in [4.78, 5) is 21.5. The second kappa shape index (κ2) is 11.8. The fraction of sp³-hybridized carbons (Fsp3) is 0.0833. The molecule has 4 rings (SSSR count). The van der Waals surface area contributed by atoms with Gasteiger partial charge in [0.15, 0.2) is 0 Å². The molecule has 0 aliphatic heterocycles. The van der Waals surface area contributed by atoms with Crippen LogP contribution in [0.5, 0.6) is 23.0 Å². The number of aryl methyl sites for hydroxylation is 2. The molecule has 0 radical (unpaired) electrons. The van der Waals surface area contributed by atoms with Gasteiger partial charge in [0.1, 0.15) is 11.5 Å². The molecule has 0 saturated carbocycles. The molecule has 0 spiro atoms. The summed E-state index contributed by atoms with van der Waals surface area (Å²) in [5.41, 5.74) is 0.971. The van der Waals surface area contributed by atoms with Gasteiger partial charge in [-0.3, -0.25) is 0 Å². The Labute approximate surface area is 238 Å². The summed E-state index contributed by atoms with van der Waals surface area (Å²) in [6, 6.07) is 11.7. The van der Waals surface area contributed by atoms with Gasteiger partial charge in [0.2, 0.25) is 0 Å². The van der Waals surface area contributed by atoms with Crippen LogP contribution in [0.2, 0.25) is 0 Å². The Morgan fingerprint density at radius 3 is 1.24 bits per heavy atom. The quantitative estimate of drug-likeness (QED) is 0.225. The van der Waals surface area contributed by atoms with Gasteiger partial charge in [-0.15, -0.1) is 0 Å². The van der Waals surface area contributed by atoms with Crippen LogP contribution in [0.1, 0.15) is 31.8 Å². The molecule has 0 aliphatic rings. The number of phenolic OH excluding ortho intramolecular Hbond substituents is 2. The van der Waals surface area contributed by atoms with E-state index in [1.165, 1.54) is 12.1 Å². The zero-order valence-electron chi connectivity index (χ0n) is 19.0. The third kappa shape index (κ3) is 5.96. The van der Waals surface area contributed by atoms with Gasteiger partial charge in [-0.25, -0.2) is 9.59 Å². The van der Waals surface area contributed by atoms with Crippen molar-refractivity contribution in [3.63, 3.8) is 0 Å². The number of rotatable bonds is 2. The third-order valence-corrected chi connectivity index (χ3v) is 4.90. The van der Waals surface area contributed by atoms with Crippen LogP contribution >= 0.6 is 0 Å². The van der Waals surface area contributed by atoms with Gasteiger partial charge in [0.25, 0.3) is 0 Å². The maximum absolute atomic E-state index is 11.7. The van der Waals surface area contributed by atoms with Crippen molar-refractivity contribution in [3.8, 4) is 23.0 Å². The largest absolute Gasteiger partial charge is 1.00 e. The van der Waals surface area contributed by atoms with E-state index in [0.29, 0.717) is 10.8 Å². The summed E-state index contributed by atoms with van der Waals surface area (Å²) >= 11 is 0. The summed E-state index contributed by atoms with van der Waals surface area (Å²) in [5.74, 6) is -4.17. The number of carboxylic acid groups (broad SMARTS) is 2. The first-order valence-electron chi connectivity index (χ1n) is 9.34. The second-order valence-corrected chi connectivity index (χ2v) is 7.25. The molecule has 34 heavy (non-hydrogen) atoms. The molecule has 0 aromatic heterocycles. The zero-order valence-corrected chi connectivity index (χ0v) is 23.0. The second-order valence-electron chi connectivity index (χ2n) is 7.25. The van der Waals surface area contributed by atoms with Crippen LogP contribution in [0.4, 0.5) is 0 Å². The zero-order chi connectivity index (χ0) is 23.7. The van der Waals surface area contributed by atoms with Crippen molar-refractivity contribution in [1.29, 1.82) is 0 Å². The Balaban J connectivity index is 0.000000321. The smallest absolute Gasteiger partial charge is 0.871 e. The van der Waals surface area contributed by atoms with Gasteiger partial charge in [-0.1, -0.05) is 46.9 Å². The average Bonchev–Trinajstić information content (AvgIpc) is 2.73. The molecule has 0 saturated heterocycles. The molecule has 0 bridgehead atoms. The van der Waals surface area contributed by atoms with Gasteiger partial charge in [0, 0.05) is 10.8 Å². The number of fused-ring (bicyclic) bond motifs is 2. The van der Waals surface area contributed by atoms with Crippen molar-refractivity contribution in [1.82, 2.24) is 0 Å². The third-order valence-electron chi connectivity index (χ3n) is 4.90. The first-order chi connectivity index (χ1) is 15.0. The molecule has 10 heteroatoms. The number of aromatic carboxylic acids is 2. The number of hydrogen-bond acceptors (Lipinski definition) is 6. The van der Waals surface area contributed by atoms with Crippen LogP contribution in [-0.2, 0) is 0 Å². The van der Waals surface area contributed by atoms with E-state index in [2.05, 4.69) is 0 Å². The van der Waals surface area contributed by atoms with Crippen molar-refractivity contribution >= 4 is 33.5 Å². The van der Waals surface area contributed by atoms with Crippen molar-refractivity contribution in [3.05, 3.63) is 70.8 Å². The number of benzene rings is 4. The molecule has 4 N–H and O–H groups in total. The van der Waals surface area contributed by atoms with E-state index < -0.39 is 34.6 Å². The van der Waals surface area contributed by atoms with E-state index >= 15 is 0 Å². The molecule has 4 aromatic carbocycles. The fourth-order valence-corrected chi connectivity index (χ4v) is 3.30. The van der Waals surface area contributed by atoms with Gasteiger partial charge in [-0.2, -0.15) is 0 Å². The minimum Gasteiger partial charge on any atom is -0.871 e. The maximum atomic E-state index is 11.7. The van der Waals surface area contributed by atoms with E-state index in [1.807, 2.05) is 13.8 Å². The molecule has 164 valence electrons. The number of carbonyl (C=O) groups is 2. The summed E-state index contributed by atoms with van der Waals surface area (Å²) in [7, 11) is 0. The predicted molar refractivity (Wildman–Crippen MR) is 114 cm³/mol. The summed E-state index contributed by atoms with van der Waals surface area (Å²) < 4.78 is 0. The van der Waals surface area contributed by atoms with E-state index in [9.17, 15) is 30.0 Å². The van der Waals surface area contributed by atoms with Crippen LogP contribution < -0.4 is 69.3 Å². The van der Waals surface area contributed by atoms with Gasteiger partial charge >= 0.3 is 71.1 Å². The van der Waals surface area contributed by atoms with Gasteiger partial charge in [-0.05, 0) is 48.9 Å². The molecule has 0 heterocycles. The van der Waals surface area contributed by atoms with Gasteiger partial charge < -0.3 is 30.6 Å². The van der Waals surface area contributed by atoms with Crippen LogP contribution in [-0.4, -0.2) is 32.4 Å². The summed E-state index contributed by atoms with van der Waals surface area (Å²) in [6.45, 7) is 3.66. The average molecular weight is 480 g/mol. The molecule has 0 aliphatic carbocycles. The molecule has 0 atom stereocenters. The molecule has 0 unspecified atom stereocenters. The normalized spacial score (nSPS) is 9.94. The molecular formula is C24H18Na2O8. The number of aromatic hydroxyl groups is 2. The number of phenols is 2. The minimum absolute atomic E-state index is 0. The fourth-order valence-electron chi connectivity index (χ4n) is 3.30. The first kappa shape index (κ1) is 29.6. The van der Waals surface area contributed by atoms with E-state index in [1.54, 1.807) is 24.3 Å². The number of hydrogen-bond donors (Lipinski definition) is 4. The summed E-state index contributed by atoms with van der Waals surface area (Å²) in [5, 5.41) is 61.6. The van der Waals surface area contributed by atoms with Crippen molar-refractivity contribution in [2.75, 3.05) is 0 Å². The Bertz CT molecular complexity index is 1290. The Morgan fingerprint density at radius 2 is 0.941 bits per heavy atom. The number of carboxylic acids is 2. The Kier molecular flexibility index (Phi) is 10.3. The Hall–Kier alpha value is -2.46. The SMILES string of the molecule is Cc1ccc2c([O-])c(C(=O)O)cc(O)c2c1.Cc1ccc2c([O-])c(C(=O)O)cc(O)c2c1.[Na+].[Na+]. The first-order valence-corrected chi connectivity index (χ1v) is 9.34. The van der Waals surface area contributed by atoms with Crippen molar-refractivity contribution < 1.29 is 99.3 Å². The van der Waals surface area contributed by atoms with Crippen LogP contribution in [0.3, 0.4) is 0 Å². The Morgan fingerprint density at radius 1 is 0.618 bits per heavy atom. The molecule has 4 aromatic rings. The van der Waals surface area contributed by atoms with E-state index in [4.69, 9.17) is 10.2 Å². The van der Waals surface area contributed by atoms with Crippen molar-refractivity contribution in [2.45, 2.75) is 13.8 Å². The summed E-state index contributed by atoms with van der Waals surface area (Å²) in [6.07, 6.45) is 0. The molecule has 0 fully saturated rings. The molecule has 0 amide bonds. The van der Waals surface area contributed by atoms with Crippen LogP contribution in [0.25, 0.3) is 21.5 Å². The monoisotopic (exact) mass is 480 g/mol. The van der Waals surface area contributed by atoms with Crippen molar-refractivity contribution in [2.24, 2.45) is 0 Å². The van der Waals surface area contributed by atoms with E-state index in [-0.39, 0.29) is 81.4 Å². The van der Waals surface area contributed by atoms with Crippen LogP contribution in [0, 0.1) is 13.8 Å².